The summed E-state index contributed by atoms with van der Waals surface area (Å²) in [6.45, 7) is 11.8. The predicted molar refractivity (Wildman–Crippen MR) is 223 cm³/mol. The van der Waals surface area contributed by atoms with Gasteiger partial charge in [0.05, 0.1) is 14.2 Å². The van der Waals surface area contributed by atoms with Crippen LogP contribution in [-0.4, -0.2) is 91.5 Å². The Labute approximate surface area is 343 Å². The summed E-state index contributed by atoms with van der Waals surface area (Å²) >= 11 is 0. The topological polar surface area (TPSA) is 251 Å². The van der Waals surface area contributed by atoms with Crippen LogP contribution in [0.2, 0.25) is 0 Å². The molecule has 0 unspecified atom stereocenters. The summed E-state index contributed by atoms with van der Waals surface area (Å²) in [6, 6.07) is 1.16. The van der Waals surface area contributed by atoms with Crippen molar-refractivity contribution in [1.29, 1.82) is 0 Å². The summed E-state index contributed by atoms with van der Waals surface area (Å²) < 4.78 is 16.9. The molecule has 9 N–H and O–H groups in total. The van der Waals surface area contributed by atoms with Crippen molar-refractivity contribution in [1.82, 2.24) is 36.6 Å². The van der Waals surface area contributed by atoms with Crippen molar-refractivity contribution in [3.63, 3.8) is 0 Å². The van der Waals surface area contributed by atoms with E-state index >= 15 is 0 Å². The van der Waals surface area contributed by atoms with Crippen LogP contribution in [0, 0.1) is 11.8 Å². The van der Waals surface area contributed by atoms with Crippen LogP contribution in [0.25, 0.3) is 0 Å². The van der Waals surface area contributed by atoms with Gasteiger partial charge in [-0.3, -0.25) is 24.0 Å². The van der Waals surface area contributed by atoms with E-state index in [0.717, 1.165) is 44.1 Å². The molecule has 58 heavy (non-hydrogen) atoms. The largest absolute Gasteiger partial charge is 0.493 e. The zero-order valence-electron chi connectivity index (χ0n) is 35.6. The van der Waals surface area contributed by atoms with Gasteiger partial charge < -0.3 is 52.3 Å². The molecular weight excluding hydrogens is 747 g/mol. The molecule has 2 rings (SSSR count). The van der Waals surface area contributed by atoms with E-state index in [4.69, 9.17) is 25.7 Å². The molecule has 324 valence electrons. The monoisotopic (exact) mass is 814 g/mol. The predicted octanol–water partition coefficient (Wildman–Crippen LogP) is 3.18. The first-order valence-electron chi connectivity index (χ1n) is 20.2. The van der Waals surface area contributed by atoms with Crippen LogP contribution in [0.4, 0.5) is 11.8 Å². The highest BCUT2D eigenvalue weighted by atomic mass is 16.5. The highest BCUT2D eigenvalue weighted by Gasteiger charge is 2.30. The molecule has 0 aliphatic carbocycles. The highest BCUT2D eigenvalue weighted by molar-refractivity contribution is 5.94. The Bertz CT molecular complexity index is 1610. The van der Waals surface area contributed by atoms with Crippen molar-refractivity contribution in [3.8, 4) is 17.2 Å². The number of unbranched alkanes of at least 4 members (excludes halogenated alkanes) is 4. The number of ether oxygens (including phenoxy) is 3. The van der Waals surface area contributed by atoms with Crippen LogP contribution in [0.1, 0.15) is 110 Å². The minimum Gasteiger partial charge on any atom is -0.493 e. The first-order chi connectivity index (χ1) is 27.6. The van der Waals surface area contributed by atoms with Crippen LogP contribution in [-0.2, 0) is 30.4 Å². The Morgan fingerprint density at radius 3 is 1.81 bits per heavy atom. The first-order valence-corrected chi connectivity index (χ1v) is 20.2. The number of nitrogens with one attached hydrogen (secondary N) is 5. The lowest BCUT2D eigenvalue weighted by molar-refractivity contribution is -0.134. The molecule has 0 spiro atoms. The number of rotatable bonds is 27. The molecule has 0 saturated heterocycles. The van der Waals surface area contributed by atoms with E-state index in [0.29, 0.717) is 61.6 Å². The summed E-state index contributed by atoms with van der Waals surface area (Å²) in [5, 5.41) is 14.2. The lowest BCUT2D eigenvalue weighted by Crippen LogP contribution is -2.57. The van der Waals surface area contributed by atoms with E-state index in [1.807, 2.05) is 34.6 Å². The molecule has 17 heteroatoms. The van der Waals surface area contributed by atoms with E-state index in [1.54, 1.807) is 18.3 Å². The summed E-state index contributed by atoms with van der Waals surface area (Å²) in [4.78, 5) is 72.2. The first kappa shape index (κ1) is 48.8. The summed E-state index contributed by atoms with van der Waals surface area (Å²) in [7, 11) is 2.99. The second-order valence-corrected chi connectivity index (χ2v) is 15.3. The molecule has 0 radical (unpaired) electrons. The molecule has 0 fully saturated rings. The fraction of sp³-hybridized carbons (Fsp3) is 0.634. The van der Waals surface area contributed by atoms with Crippen molar-refractivity contribution >= 4 is 41.3 Å². The average Bonchev–Trinajstić information content (AvgIpc) is 3.16. The van der Waals surface area contributed by atoms with Gasteiger partial charge in [-0.05, 0) is 61.6 Å². The molecule has 0 aliphatic rings. The van der Waals surface area contributed by atoms with E-state index in [-0.39, 0.29) is 47.9 Å². The molecule has 1 heterocycles. The number of hydrogen-bond acceptors (Lipinski definition) is 12. The Kier molecular flexibility index (Phi) is 21.7. The molecule has 0 aliphatic heterocycles. The maximum atomic E-state index is 13.5. The van der Waals surface area contributed by atoms with Gasteiger partial charge in [-0.25, -0.2) is 4.98 Å². The molecule has 3 atom stereocenters. The van der Waals surface area contributed by atoms with Crippen LogP contribution in [0.15, 0.2) is 18.3 Å². The Morgan fingerprint density at radius 1 is 0.741 bits per heavy atom. The number of nitrogen functional groups attached to an aromatic ring is 2. The molecule has 5 amide bonds. The van der Waals surface area contributed by atoms with Gasteiger partial charge in [-0.15, -0.1) is 0 Å². The maximum absolute atomic E-state index is 13.5. The second kappa shape index (κ2) is 25.8. The molecular formula is C41H67N9O8. The van der Waals surface area contributed by atoms with Gasteiger partial charge in [0.15, 0.2) is 18.1 Å². The lowest BCUT2D eigenvalue weighted by atomic mass is 9.99. The number of carbonyl (C=O) groups excluding carboxylic acids is 5. The molecule has 1 aromatic heterocycles. The number of hydrogen-bond donors (Lipinski definition) is 7. The van der Waals surface area contributed by atoms with Crippen LogP contribution >= 0.6 is 0 Å². The number of nitrogens with zero attached hydrogens (tertiary/aromatic N) is 2. The number of amides is 5. The molecule has 1 aromatic carbocycles. The second-order valence-electron chi connectivity index (χ2n) is 15.3. The third-order valence-electron chi connectivity index (χ3n) is 9.12. The minimum absolute atomic E-state index is 0.0889. The van der Waals surface area contributed by atoms with Gasteiger partial charge in [0.1, 0.15) is 23.9 Å². The Hall–Kier alpha value is -5.35. The standard InChI is InChI=1S/C41H67N9O8/c1-9-10-15-30(48-40(55)32(19-26(4)5)49-39(54)31(18-25(2)3)47-27(6)51)38(53)45-17-14-12-11-13-16-44-35(52)24-58-36-33(56-7)21-28(22-34(36)57-8)20-29-23-46-41(43)50-37(29)42/h21-23,25-26,30-32H,9-20,24H2,1-8H3,(H,44,52)(H,45,53)(H,47,51)(H,48,55)(H,49,54)(H4,42,43,46,50)/t30-,31-,32-/m0/s1. The van der Waals surface area contributed by atoms with Gasteiger partial charge >= 0.3 is 0 Å². The highest BCUT2D eigenvalue weighted by Crippen LogP contribution is 2.39. The Morgan fingerprint density at radius 2 is 1.29 bits per heavy atom. The fourth-order valence-corrected chi connectivity index (χ4v) is 6.20. The number of nitrogens with two attached hydrogens (primary N) is 2. The maximum Gasteiger partial charge on any atom is 0.257 e. The molecule has 0 saturated carbocycles. The quantitative estimate of drug-likeness (QED) is 0.0643. The third-order valence-corrected chi connectivity index (χ3v) is 9.12. The number of anilines is 2. The minimum atomic E-state index is -0.861. The number of aromatic nitrogens is 2. The zero-order chi connectivity index (χ0) is 43.2. The fourth-order valence-electron chi connectivity index (χ4n) is 6.20. The van der Waals surface area contributed by atoms with Crippen LogP contribution in [0.5, 0.6) is 17.2 Å². The average molecular weight is 814 g/mol. The Balaban J connectivity index is 1.81. The lowest BCUT2D eigenvalue weighted by Gasteiger charge is -2.26. The summed E-state index contributed by atoms with van der Waals surface area (Å²) in [5.41, 5.74) is 13.1. The normalized spacial score (nSPS) is 12.6. The molecule has 2 aromatic rings. The number of benzene rings is 1. The van der Waals surface area contributed by atoms with Crippen LogP contribution in [0.3, 0.4) is 0 Å². The van der Waals surface area contributed by atoms with E-state index in [9.17, 15) is 24.0 Å². The smallest absolute Gasteiger partial charge is 0.257 e. The number of carbonyl (C=O) groups is 5. The van der Waals surface area contributed by atoms with E-state index in [2.05, 4.69) is 36.6 Å². The number of methoxy groups -OCH3 is 2. The van der Waals surface area contributed by atoms with Crippen molar-refractivity contribution in [2.24, 2.45) is 11.8 Å². The molecule has 17 nitrogen and oxygen atoms in total. The van der Waals surface area contributed by atoms with Crippen molar-refractivity contribution in [2.75, 3.05) is 45.4 Å². The third kappa shape index (κ3) is 17.8. The summed E-state index contributed by atoms with van der Waals surface area (Å²) in [5.74, 6) is -0.0937. The van der Waals surface area contributed by atoms with Crippen molar-refractivity contribution < 1.29 is 38.2 Å². The van der Waals surface area contributed by atoms with E-state index < -0.39 is 29.9 Å². The van der Waals surface area contributed by atoms with Gasteiger partial charge in [-0.1, -0.05) is 60.3 Å². The van der Waals surface area contributed by atoms with Crippen LogP contribution < -0.4 is 52.3 Å². The van der Waals surface area contributed by atoms with Gasteiger partial charge in [0, 0.05) is 38.2 Å². The van der Waals surface area contributed by atoms with Gasteiger partial charge in [0.2, 0.25) is 35.3 Å². The SMILES string of the molecule is CCCC[C@H](NC(=O)[C@H](CC(C)C)NC(=O)[C@H](CC(C)C)NC(C)=O)C(=O)NCCCCCCNC(=O)COc1c(OC)cc(Cc2cnc(N)nc2N)cc1OC. The molecule has 0 bridgehead atoms. The summed E-state index contributed by atoms with van der Waals surface area (Å²) in [6.07, 6.45) is 7.90. The van der Waals surface area contributed by atoms with Crippen molar-refractivity contribution in [2.45, 2.75) is 124 Å². The van der Waals surface area contributed by atoms with Crippen molar-refractivity contribution in [3.05, 3.63) is 29.5 Å². The zero-order valence-corrected chi connectivity index (χ0v) is 35.6. The van der Waals surface area contributed by atoms with E-state index in [1.165, 1.54) is 21.1 Å². The van der Waals surface area contributed by atoms with Gasteiger partial charge in [-0.2, -0.15) is 4.98 Å². The van der Waals surface area contributed by atoms with Gasteiger partial charge in [0.25, 0.3) is 5.91 Å².